The number of carbonyl (C=O) groups is 7. The number of likely N-dealkylation sites (N-methyl/N-ethyl adjacent to an activating group) is 1. The van der Waals surface area contributed by atoms with E-state index in [2.05, 4.69) is 21.3 Å². The molecule has 1 saturated heterocycles. The number of rotatable bonds is 16. The molecule has 2 bridgehead atoms. The fourth-order valence-corrected chi connectivity index (χ4v) is 8.27. The van der Waals surface area contributed by atoms with Gasteiger partial charge in [0.2, 0.25) is 29.4 Å². The van der Waals surface area contributed by atoms with E-state index in [4.69, 9.17) is 4.74 Å². The summed E-state index contributed by atoms with van der Waals surface area (Å²) in [5.74, 6) is -3.15. The van der Waals surface area contributed by atoms with Gasteiger partial charge in [0, 0.05) is 20.6 Å². The van der Waals surface area contributed by atoms with Crippen molar-refractivity contribution < 1.29 is 38.3 Å². The van der Waals surface area contributed by atoms with Gasteiger partial charge in [-0.1, -0.05) is 84.7 Å². The molecule has 1 aromatic rings. The lowest BCUT2D eigenvalue weighted by molar-refractivity contribution is -0.145. The van der Waals surface area contributed by atoms with Crippen LogP contribution in [0.5, 0.6) is 0 Å². The minimum atomic E-state index is -1.19. The summed E-state index contributed by atoms with van der Waals surface area (Å²) in [5.41, 5.74) is -0.154. The highest BCUT2D eigenvalue weighted by molar-refractivity contribution is 6.38. The van der Waals surface area contributed by atoms with Crippen LogP contribution in [0, 0.1) is 35.0 Å². The summed E-state index contributed by atoms with van der Waals surface area (Å²) in [7, 11) is 3.14. The van der Waals surface area contributed by atoms with Gasteiger partial charge in [-0.3, -0.25) is 28.8 Å². The Hall–Kier alpha value is -4.49. The minimum Gasteiger partial charge on any atom is -0.449 e. The number of ether oxygens (including phenoxy) is 1. The second-order valence-electron chi connectivity index (χ2n) is 16.8. The van der Waals surface area contributed by atoms with Crippen LogP contribution in [0.25, 0.3) is 0 Å². The summed E-state index contributed by atoms with van der Waals surface area (Å²) in [4.78, 5) is 97.2. The Morgan fingerprint density at radius 3 is 2.22 bits per heavy atom. The summed E-state index contributed by atoms with van der Waals surface area (Å²) in [6.07, 6.45) is 3.68. The van der Waals surface area contributed by atoms with E-state index >= 15 is 0 Å². The highest BCUT2D eigenvalue weighted by Crippen LogP contribution is 2.57. The van der Waals surface area contributed by atoms with Gasteiger partial charge in [-0.05, 0) is 66.3 Å². The Morgan fingerprint density at radius 1 is 0.944 bits per heavy atom. The van der Waals surface area contributed by atoms with E-state index in [0.717, 1.165) is 19.3 Å². The molecular formula is C40H60N6O8. The van der Waals surface area contributed by atoms with Gasteiger partial charge in [-0.15, -0.1) is 0 Å². The summed E-state index contributed by atoms with van der Waals surface area (Å²) in [5, 5.41) is 10.6. The van der Waals surface area contributed by atoms with E-state index in [1.54, 1.807) is 49.3 Å². The maximum Gasteiger partial charge on any atom is 0.407 e. The third-order valence-electron chi connectivity index (χ3n) is 11.0. The number of alkyl carbamates (subject to hydrolysis) is 1. The molecule has 3 fully saturated rings. The number of Topliss-reactive ketones (excluding diaryl/α,β-unsaturated/α-hetero) is 1. The maximum atomic E-state index is 14.4. The largest absolute Gasteiger partial charge is 0.449 e. The molecule has 54 heavy (non-hydrogen) atoms. The fraction of sp³-hybridized carbons (Fsp3) is 0.675. The van der Waals surface area contributed by atoms with Crippen LogP contribution in [0.15, 0.2) is 30.3 Å². The number of carbonyl (C=O) groups excluding carboxylic acids is 7. The Morgan fingerprint density at radius 2 is 1.61 bits per heavy atom. The Balaban J connectivity index is 1.49. The summed E-state index contributed by atoms with van der Waals surface area (Å²) in [6.45, 7) is 11.3. The molecule has 14 heteroatoms. The number of hydrogen-bond acceptors (Lipinski definition) is 8. The molecule has 0 spiro atoms. The van der Waals surface area contributed by atoms with Crippen molar-refractivity contribution in [3.63, 3.8) is 0 Å². The summed E-state index contributed by atoms with van der Waals surface area (Å²) < 4.78 is 5.35. The van der Waals surface area contributed by atoms with Crippen molar-refractivity contribution in [2.24, 2.45) is 35.0 Å². The molecule has 298 valence electrons. The van der Waals surface area contributed by atoms with Crippen LogP contribution in [0.2, 0.25) is 0 Å². The molecule has 4 rings (SSSR count). The molecule has 1 aliphatic heterocycles. The van der Waals surface area contributed by atoms with Gasteiger partial charge < -0.3 is 35.8 Å². The molecule has 4 N–H and O–H groups in total. The number of fused-ring (bicyclic) bond motifs is 5. The Kier molecular flexibility index (Phi) is 14.3. The van der Waals surface area contributed by atoms with Gasteiger partial charge in [0.15, 0.2) is 0 Å². The number of ketones is 1. The number of nitrogens with one attached hydrogen (secondary N) is 4. The van der Waals surface area contributed by atoms with Crippen molar-refractivity contribution in [1.82, 2.24) is 31.1 Å². The third-order valence-corrected chi connectivity index (χ3v) is 11.0. The van der Waals surface area contributed by atoms with Crippen molar-refractivity contribution in [1.29, 1.82) is 0 Å². The first-order valence-corrected chi connectivity index (χ1v) is 19.4. The van der Waals surface area contributed by atoms with E-state index < -0.39 is 65.7 Å². The lowest BCUT2D eigenvalue weighted by Crippen LogP contribution is -2.60. The van der Waals surface area contributed by atoms with Crippen LogP contribution in [-0.4, -0.2) is 103 Å². The van der Waals surface area contributed by atoms with Crippen molar-refractivity contribution in [3.05, 3.63) is 35.9 Å². The standard InChI is InChI=1S/C40H60N6O8/c1-9-10-16-28(33(48)36(50)41-20-29(47)43-31(37(51)45(7)8)24-14-12-11-13-15-24)42-35(49)32-30-26-18-17-25(19-26)27(30)21-46(32)38(52)34(40(4,5)6)44-39(53)54-22-23(2)3/h11-15,23,25-28,30-32,34H,9-10,16-22H2,1-8H3,(H,41,50)(H,42,49)(H,43,47)(H,44,53)/t25-,26+,27+,28-,30-,31?,32-,34+/m0/s1. The first-order valence-electron chi connectivity index (χ1n) is 19.4. The normalized spacial score (nSPS) is 23.1. The van der Waals surface area contributed by atoms with Crippen LogP contribution in [0.3, 0.4) is 0 Å². The van der Waals surface area contributed by atoms with Gasteiger partial charge in [-0.25, -0.2) is 4.79 Å². The van der Waals surface area contributed by atoms with Gasteiger partial charge in [-0.2, -0.15) is 0 Å². The van der Waals surface area contributed by atoms with Crippen molar-refractivity contribution in [2.45, 2.75) is 104 Å². The first-order chi connectivity index (χ1) is 25.4. The van der Waals surface area contributed by atoms with E-state index in [1.165, 1.54) is 4.90 Å². The number of nitrogens with zero attached hydrogens (tertiary/aromatic N) is 2. The molecule has 1 aromatic carbocycles. The molecule has 2 aliphatic carbocycles. The lowest BCUT2D eigenvalue weighted by atomic mass is 9.78. The lowest BCUT2D eigenvalue weighted by Gasteiger charge is -2.37. The molecule has 14 nitrogen and oxygen atoms in total. The average Bonchev–Trinajstić information content (AvgIpc) is 3.85. The van der Waals surface area contributed by atoms with Crippen molar-refractivity contribution >= 4 is 41.4 Å². The highest BCUT2D eigenvalue weighted by atomic mass is 16.5. The van der Waals surface area contributed by atoms with Gasteiger partial charge in [0.25, 0.3) is 5.91 Å². The summed E-state index contributed by atoms with van der Waals surface area (Å²) >= 11 is 0. The van der Waals surface area contributed by atoms with Gasteiger partial charge >= 0.3 is 6.09 Å². The Bertz CT molecular complexity index is 1540. The molecule has 6 amide bonds. The number of likely N-dealkylation sites (tertiary alicyclic amines) is 1. The third kappa shape index (κ3) is 10.2. The molecule has 1 heterocycles. The van der Waals surface area contributed by atoms with E-state index in [9.17, 15) is 33.6 Å². The zero-order valence-electron chi connectivity index (χ0n) is 33.1. The summed E-state index contributed by atoms with van der Waals surface area (Å²) in [6, 6.07) is 4.63. The number of unbranched alkanes of at least 4 members (excludes halogenated alkanes) is 1. The zero-order valence-corrected chi connectivity index (χ0v) is 33.1. The van der Waals surface area contributed by atoms with Crippen LogP contribution in [0.4, 0.5) is 4.79 Å². The first kappa shape index (κ1) is 42.3. The van der Waals surface area contributed by atoms with Gasteiger partial charge in [0.05, 0.1) is 19.2 Å². The highest BCUT2D eigenvalue weighted by Gasteiger charge is 2.60. The smallest absolute Gasteiger partial charge is 0.407 e. The molecule has 1 unspecified atom stereocenters. The average molecular weight is 753 g/mol. The molecule has 3 aliphatic rings. The van der Waals surface area contributed by atoms with Crippen molar-refractivity contribution in [3.8, 4) is 0 Å². The predicted octanol–water partition coefficient (Wildman–Crippen LogP) is 2.96. The molecule has 0 radical (unpaired) electrons. The second kappa shape index (κ2) is 18.2. The fourth-order valence-electron chi connectivity index (χ4n) is 8.27. The van der Waals surface area contributed by atoms with E-state index in [0.29, 0.717) is 30.9 Å². The zero-order chi connectivity index (χ0) is 39.9. The molecule has 2 saturated carbocycles. The van der Waals surface area contributed by atoms with Crippen LogP contribution >= 0.6 is 0 Å². The van der Waals surface area contributed by atoms with Crippen LogP contribution in [-0.2, 0) is 33.5 Å². The van der Waals surface area contributed by atoms with Crippen LogP contribution in [0.1, 0.15) is 91.7 Å². The van der Waals surface area contributed by atoms with Gasteiger partial charge in [0.1, 0.15) is 18.1 Å². The quantitative estimate of drug-likeness (QED) is 0.186. The minimum absolute atomic E-state index is 0.106. The predicted molar refractivity (Wildman–Crippen MR) is 201 cm³/mol. The van der Waals surface area contributed by atoms with Crippen LogP contribution < -0.4 is 21.3 Å². The van der Waals surface area contributed by atoms with E-state index in [-0.39, 0.29) is 48.5 Å². The molecule has 8 atom stereocenters. The maximum absolute atomic E-state index is 14.4. The SMILES string of the molecule is CCCC[C@H](NC(=O)[C@@H]1[C@H]2[C@@H]3CC[C@@H](C3)[C@H]2CN1C(=O)[C@@H](NC(=O)OCC(C)C)C(C)(C)C)C(=O)C(=O)NCC(=O)NC(C(=O)N(C)C)c1ccccc1. The van der Waals surface area contributed by atoms with Crippen molar-refractivity contribution in [2.75, 3.05) is 33.8 Å². The van der Waals surface area contributed by atoms with E-state index in [1.807, 2.05) is 41.5 Å². The number of amides is 6. The topological polar surface area (TPSA) is 183 Å². The number of benzene rings is 1. The number of hydrogen-bond donors (Lipinski definition) is 4. The Labute approximate surface area is 319 Å². The second-order valence-corrected chi connectivity index (χ2v) is 16.8. The monoisotopic (exact) mass is 752 g/mol. The molecule has 0 aromatic heterocycles. The molecular weight excluding hydrogens is 692 g/mol.